The van der Waals surface area contributed by atoms with Crippen LogP contribution in [0.25, 0.3) is 0 Å². The number of H-pyrrole nitrogens is 9. The molecule has 4 saturated carbocycles. The number of allylic oxidation sites excluding steroid dienone is 3. The van der Waals surface area contributed by atoms with E-state index in [0.29, 0.717) is 26.4 Å². The predicted molar refractivity (Wildman–Crippen MR) is 570 cm³/mol. The summed E-state index contributed by atoms with van der Waals surface area (Å²) in [6, 6.07) is 7.38. The molecule has 29 heteroatoms. The number of aromatic nitrogens is 16. The Morgan fingerprint density at radius 1 is 0.359 bits per heavy atom. The number of methoxy groups -OCH3 is 1. The highest BCUT2D eigenvalue weighted by Gasteiger charge is 2.33. The van der Waals surface area contributed by atoms with E-state index in [1.165, 1.54) is 134 Å². The van der Waals surface area contributed by atoms with Gasteiger partial charge in [-0.1, -0.05) is 240 Å². The quantitative estimate of drug-likeness (QED) is 0.0254. The maximum absolute atomic E-state index is 11.8. The van der Waals surface area contributed by atoms with Crippen LogP contribution in [0.15, 0.2) is 91.1 Å². The smallest absolute Gasteiger partial charge is 0.422 e. The molecule has 0 aromatic carbocycles. The van der Waals surface area contributed by atoms with E-state index in [2.05, 4.69) is 306 Å². The van der Waals surface area contributed by atoms with Gasteiger partial charge in [-0.2, -0.15) is 13.2 Å². The van der Waals surface area contributed by atoms with Crippen LogP contribution in [0.3, 0.4) is 0 Å². The van der Waals surface area contributed by atoms with Gasteiger partial charge in [0, 0.05) is 197 Å². The molecule has 1 atom stereocenters. The number of nitrogens with zero attached hydrogens (tertiary/aromatic N) is 9. The third kappa shape index (κ3) is 43.8. The van der Waals surface area contributed by atoms with Crippen molar-refractivity contribution in [3.05, 3.63) is 171 Å². The lowest BCUT2D eigenvalue weighted by Gasteiger charge is -2.26. The molecular formula is C113H187F3N18O8. The second kappa shape index (κ2) is 52.9. The van der Waals surface area contributed by atoms with Crippen molar-refractivity contribution in [1.82, 2.24) is 79.7 Å². The van der Waals surface area contributed by atoms with Crippen LogP contribution < -0.4 is 19.3 Å². The van der Waals surface area contributed by atoms with Crippen molar-refractivity contribution in [3.63, 3.8) is 0 Å². The molecule has 8 aliphatic rings. The lowest BCUT2D eigenvalue weighted by Crippen LogP contribution is -2.36. The van der Waals surface area contributed by atoms with Crippen molar-refractivity contribution in [2.24, 2.45) is 29.1 Å². The molecule has 0 amide bonds. The molecule has 26 nitrogen and oxygen atoms in total. The summed E-state index contributed by atoms with van der Waals surface area (Å²) in [4.78, 5) is 64.8. The summed E-state index contributed by atoms with van der Waals surface area (Å²) < 4.78 is 78.0. The van der Waals surface area contributed by atoms with E-state index < -0.39 is 12.8 Å². The van der Waals surface area contributed by atoms with Crippen LogP contribution >= 0.6 is 0 Å². The van der Waals surface area contributed by atoms with Gasteiger partial charge >= 0.3 is 6.18 Å². The molecule has 798 valence electrons. The first-order valence-corrected chi connectivity index (χ1v) is 52.6. The SMILES string of the molecule is CC(C)(C)C1=CCC(OCC2CC2)=C1.CC(C)(C)c1ccc(OCC(F)(F)F)[nH]1.CC(C)(C)c1ccc(OCC2CC2)[nH]1.CC(C)(C)c1cnc(C2CCCO2)[nH]1.CC(C)(C)c1cnc(CC2CC2)[nH]1.CC(C)(C)c1cnc(CC2CCC2)[nH]1.CC(C)(C)c1cnc(N2CCCC2)[nH]1.CC(C)(C)c1cnc(N2CCOCC2)[nH]1.CCCOCc1ncc(C(C)(C)C)[nH]1.COCCOCc1ncc(C(C)(C)C)[nH]1. The fourth-order valence-corrected chi connectivity index (χ4v) is 14.7. The minimum absolute atomic E-state index is 0.109. The van der Waals surface area contributed by atoms with Crippen molar-refractivity contribution in [2.45, 2.75) is 398 Å². The van der Waals surface area contributed by atoms with Gasteiger partial charge in [0.25, 0.3) is 0 Å². The summed E-state index contributed by atoms with van der Waals surface area (Å²) in [6.07, 6.45) is 35.6. The van der Waals surface area contributed by atoms with Gasteiger partial charge in [0.15, 0.2) is 18.4 Å². The number of aromatic amines is 9. The topological polar surface area (TPSA) is 313 Å². The molecule has 142 heavy (non-hydrogen) atoms. The number of hydrogen-bond donors (Lipinski definition) is 9. The van der Waals surface area contributed by atoms with Crippen LogP contribution in [0.5, 0.6) is 11.8 Å². The molecule has 12 heterocycles. The van der Waals surface area contributed by atoms with Crippen LogP contribution in [0.2, 0.25) is 0 Å². The normalized spacial score (nSPS) is 17.0. The van der Waals surface area contributed by atoms with Crippen LogP contribution in [0.4, 0.5) is 25.1 Å². The number of imidazole rings is 7. The number of halogens is 3. The van der Waals surface area contributed by atoms with Gasteiger partial charge in [-0.05, 0) is 136 Å². The predicted octanol–water partition coefficient (Wildman–Crippen LogP) is 26.7. The maximum Gasteiger partial charge on any atom is 0.422 e. The standard InChI is InChI=1S/C13H20O.C12H20N2.C12H19NO.C11H19N3O.C11H19N3.C11H20N2O2.C11H18N2O.C11H20N2O.C11H18N2.C10H14F3NO/c1-13(2,3)11-6-7-12(8-11)14-9-10-4-5-10;1-12(2,3)10-8-13-11(14-10)7-9-5-4-6-9;1-12(2,3)10-6-7-11(13-10)14-8-9-4-5-9;1-11(2,3)9-8-12-10(13-9)14-4-6-15-7-5-14;1-11(2,3)9-8-12-10(13-9)14-6-4-5-7-14;1-11(2,3)9-7-12-10(13-9)8-15-6-5-14-4;1-11(2,3)9-7-12-10(13-9)8-5-4-6-14-8;1-5-6-14-8-10-12-7-9(13-10)11(2,3)4;1-11(2,3)9-7-12-10(13-9)6-8-4-5-8;1-9(2,3)7-4-5-8(14-7)15-6-10(11,12)13/h6,8,10H,4-5,7,9H2,1-3H3;8-9H,4-7H2,1-3H3,(H,13,14);6-7,9,13H,4-5,8H2,1-3H3;8H,4-7H2,1-3H3,(H,12,13);8H,4-7H2,1-3H3,(H,12,13);7H,5-6,8H2,1-4H3,(H,12,13);7-8H,4-6H2,1-3H3,(H,12,13);7H,5-6,8H2,1-4H3,(H,12,13);7-8H,4-6H2,1-3H3,(H,12,13);4-5,14H,6H2,1-3H3. The van der Waals surface area contributed by atoms with Crippen molar-refractivity contribution in [3.8, 4) is 11.8 Å². The summed E-state index contributed by atoms with van der Waals surface area (Å²) in [5.74, 6) is 12.9. The Bertz CT molecular complexity index is 5030. The fourth-order valence-electron chi connectivity index (χ4n) is 14.7. The zero-order valence-corrected chi connectivity index (χ0v) is 93.4. The second-order valence-corrected chi connectivity index (χ2v) is 49.8. The molecule has 0 spiro atoms. The Morgan fingerprint density at radius 3 is 1.09 bits per heavy atom. The molecule has 3 aliphatic heterocycles. The Morgan fingerprint density at radius 2 is 0.739 bits per heavy atom. The number of hydrogen-bond acceptors (Lipinski definition) is 17. The third-order valence-corrected chi connectivity index (χ3v) is 25.4. The number of nitrogens with one attached hydrogen (secondary N) is 9. The Kier molecular flexibility index (Phi) is 44.1. The van der Waals surface area contributed by atoms with Gasteiger partial charge in [0.2, 0.25) is 11.9 Å². The summed E-state index contributed by atoms with van der Waals surface area (Å²) in [6.45, 7) is 77.5. The van der Waals surface area contributed by atoms with Crippen molar-refractivity contribution >= 4 is 11.9 Å². The molecule has 3 saturated heterocycles. The largest absolute Gasteiger partial charge is 0.497 e. The van der Waals surface area contributed by atoms with Crippen LogP contribution in [0, 0.1) is 29.1 Å². The highest BCUT2D eigenvalue weighted by atomic mass is 19.4. The average molecular weight is 1980 g/mol. The fraction of sp³-hybridized carbons (Fsp3) is 0.708. The first-order chi connectivity index (χ1) is 66.2. The summed E-state index contributed by atoms with van der Waals surface area (Å²) >= 11 is 0. The van der Waals surface area contributed by atoms with Gasteiger partial charge in [0.05, 0.1) is 57.8 Å². The zero-order chi connectivity index (χ0) is 105. The summed E-state index contributed by atoms with van der Waals surface area (Å²) in [5, 5.41) is 0. The van der Waals surface area contributed by atoms with E-state index in [-0.39, 0.29) is 66.1 Å². The lowest BCUT2D eigenvalue weighted by molar-refractivity contribution is -0.154. The highest BCUT2D eigenvalue weighted by molar-refractivity contribution is 5.36. The minimum atomic E-state index is -4.30. The first-order valence-electron chi connectivity index (χ1n) is 52.6. The Labute approximate surface area is 851 Å². The van der Waals surface area contributed by atoms with Crippen LogP contribution in [-0.2, 0) is 103 Å². The van der Waals surface area contributed by atoms with Crippen molar-refractivity contribution < 1.29 is 51.1 Å². The van der Waals surface area contributed by atoms with Gasteiger partial charge in [-0.15, -0.1) is 0 Å². The Hall–Kier alpha value is -8.90. The molecule has 0 bridgehead atoms. The molecule has 5 aliphatic carbocycles. The molecule has 9 aromatic heterocycles. The monoisotopic (exact) mass is 1980 g/mol. The molecule has 9 aromatic rings. The Balaban J connectivity index is 0.000000193. The van der Waals surface area contributed by atoms with Crippen molar-refractivity contribution in [2.75, 3.05) is 103 Å². The molecule has 0 radical (unpaired) electrons. The first kappa shape index (κ1) is 118. The molecule has 7 fully saturated rings. The molecular weight excluding hydrogens is 1790 g/mol. The minimum Gasteiger partial charge on any atom is -0.497 e. The number of rotatable bonds is 24. The number of morpholine rings is 1. The van der Waals surface area contributed by atoms with Gasteiger partial charge < -0.3 is 92.6 Å². The second-order valence-electron chi connectivity index (χ2n) is 49.8. The van der Waals surface area contributed by atoms with Crippen LogP contribution in [-0.4, -0.2) is 179 Å². The van der Waals surface area contributed by atoms with Gasteiger partial charge in [-0.3, -0.25) is 0 Å². The molecule has 9 N–H and O–H groups in total. The average Bonchev–Trinajstić information content (AvgIpc) is 1.69. The number of ether oxygens (including phenoxy) is 8. The van der Waals surface area contributed by atoms with E-state index in [1.54, 1.807) is 13.2 Å². The summed E-state index contributed by atoms with van der Waals surface area (Å²) in [7, 11) is 1.66. The maximum atomic E-state index is 11.8. The zero-order valence-electron chi connectivity index (χ0n) is 93.4. The van der Waals surface area contributed by atoms with E-state index in [0.717, 1.165) is 180 Å². The number of alkyl halides is 3. The van der Waals surface area contributed by atoms with E-state index in [9.17, 15) is 13.2 Å². The van der Waals surface area contributed by atoms with Crippen LogP contribution in [0.1, 0.15) is 397 Å². The van der Waals surface area contributed by atoms with E-state index in [1.807, 2.05) is 70.2 Å². The van der Waals surface area contributed by atoms with Gasteiger partial charge in [0.1, 0.15) is 48.4 Å². The van der Waals surface area contributed by atoms with Crippen molar-refractivity contribution in [1.29, 1.82) is 0 Å². The highest BCUT2D eigenvalue weighted by Crippen LogP contribution is 2.39. The summed E-state index contributed by atoms with van der Waals surface area (Å²) in [5.41, 5.74) is 13.3. The lowest BCUT2D eigenvalue weighted by atomic mass is 9.83. The van der Waals surface area contributed by atoms with Gasteiger partial charge in [-0.25, -0.2) is 34.9 Å². The number of anilines is 2. The van der Waals surface area contributed by atoms with E-state index >= 15 is 0 Å². The third-order valence-electron chi connectivity index (χ3n) is 25.4. The van der Waals surface area contributed by atoms with E-state index in [4.69, 9.17) is 33.2 Å². The molecule has 1 unspecified atom stereocenters. The molecule has 17 rings (SSSR count).